The summed E-state index contributed by atoms with van der Waals surface area (Å²) in [6, 6.07) is 71.7. The average Bonchev–Trinajstić information content (AvgIpc) is 3.80. The molecule has 0 saturated carbocycles. The number of nitrogens with zero attached hydrogens (tertiary/aromatic N) is 1. The third-order valence-corrected chi connectivity index (χ3v) is 11.9. The van der Waals surface area contributed by atoms with Crippen LogP contribution < -0.4 is 9.64 Å². The predicted molar refractivity (Wildman–Crippen MR) is 229 cm³/mol. The first kappa shape index (κ1) is 31.0. The Labute approximate surface area is 324 Å². The van der Waals surface area contributed by atoms with E-state index in [-0.39, 0.29) is 0 Å². The lowest BCUT2D eigenvalue weighted by molar-refractivity contribution is 0.437. The van der Waals surface area contributed by atoms with Crippen LogP contribution in [0.15, 0.2) is 205 Å². The van der Waals surface area contributed by atoms with E-state index in [1.165, 1.54) is 27.8 Å². The minimum absolute atomic E-state index is 0.580. The molecule has 1 aromatic heterocycles. The topological polar surface area (TPSA) is 25.6 Å². The van der Waals surface area contributed by atoms with Crippen molar-refractivity contribution in [3.8, 4) is 33.8 Å². The smallest absolute Gasteiger partial charge is 0.156 e. The second kappa shape index (κ2) is 11.8. The van der Waals surface area contributed by atoms with Crippen LogP contribution in [0.5, 0.6) is 11.5 Å². The summed E-state index contributed by atoms with van der Waals surface area (Å²) >= 11 is 0. The molecule has 9 aromatic carbocycles. The predicted octanol–water partition coefficient (Wildman–Crippen LogP) is 14.3. The van der Waals surface area contributed by atoms with Crippen LogP contribution in [-0.4, -0.2) is 0 Å². The lowest BCUT2D eigenvalue weighted by Crippen LogP contribution is -2.32. The van der Waals surface area contributed by atoms with Crippen molar-refractivity contribution in [1.29, 1.82) is 0 Å². The highest BCUT2D eigenvalue weighted by Gasteiger charge is 2.51. The molecule has 0 fully saturated rings. The highest BCUT2D eigenvalue weighted by atomic mass is 16.5. The van der Waals surface area contributed by atoms with Crippen molar-refractivity contribution in [2.45, 2.75) is 5.41 Å². The highest BCUT2D eigenvalue weighted by Crippen LogP contribution is 2.64. The minimum Gasteiger partial charge on any atom is -0.455 e. The first-order chi connectivity index (χ1) is 27.8. The van der Waals surface area contributed by atoms with Gasteiger partial charge in [0.2, 0.25) is 0 Å². The van der Waals surface area contributed by atoms with Crippen LogP contribution in [0.3, 0.4) is 0 Å². The van der Waals surface area contributed by atoms with E-state index in [1.807, 2.05) is 0 Å². The maximum atomic E-state index is 7.22. The van der Waals surface area contributed by atoms with Crippen molar-refractivity contribution >= 4 is 49.8 Å². The number of para-hydroxylation sites is 2. The van der Waals surface area contributed by atoms with E-state index in [2.05, 4.69) is 205 Å². The molecule has 0 bridgehead atoms. The summed E-state index contributed by atoms with van der Waals surface area (Å²) in [7, 11) is 0. The Morgan fingerprint density at radius 3 is 1.84 bits per heavy atom. The Bertz CT molecular complexity index is 3130. The van der Waals surface area contributed by atoms with Gasteiger partial charge in [-0.1, -0.05) is 158 Å². The number of hydrogen-bond donors (Lipinski definition) is 0. The second-order valence-corrected chi connectivity index (χ2v) is 14.8. The molecule has 2 heterocycles. The fraction of sp³-hybridized carbons (Fsp3) is 0.0189. The van der Waals surface area contributed by atoms with Crippen LogP contribution in [0, 0.1) is 0 Å². The molecular formula is C53H33NO2. The lowest BCUT2D eigenvalue weighted by atomic mass is 9.66. The Morgan fingerprint density at radius 1 is 0.411 bits per heavy atom. The molecule has 0 amide bonds. The molecule has 10 aromatic rings. The summed E-state index contributed by atoms with van der Waals surface area (Å²) in [5.74, 6) is 1.69. The second-order valence-electron chi connectivity index (χ2n) is 14.8. The quantitative estimate of drug-likeness (QED) is 0.181. The van der Waals surface area contributed by atoms with Crippen molar-refractivity contribution in [2.75, 3.05) is 4.90 Å². The van der Waals surface area contributed by atoms with Gasteiger partial charge in [-0.05, 0) is 81.2 Å². The minimum atomic E-state index is -0.580. The molecule has 0 N–H and O–H groups in total. The Morgan fingerprint density at radius 2 is 1.04 bits per heavy atom. The zero-order valence-corrected chi connectivity index (χ0v) is 30.3. The maximum absolute atomic E-state index is 7.22. The summed E-state index contributed by atoms with van der Waals surface area (Å²) < 4.78 is 14.0. The fourth-order valence-corrected chi connectivity index (χ4v) is 9.60. The van der Waals surface area contributed by atoms with Crippen molar-refractivity contribution in [3.63, 3.8) is 0 Å². The van der Waals surface area contributed by atoms with E-state index in [0.29, 0.717) is 0 Å². The van der Waals surface area contributed by atoms with Crippen LogP contribution in [0.4, 0.5) is 17.1 Å². The van der Waals surface area contributed by atoms with Crippen molar-refractivity contribution in [2.24, 2.45) is 0 Å². The van der Waals surface area contributed by atoms with Gasteiger partial charge in [0.15, 0.2) is 5.75 Å². The first-order valence-electron chi connectivity index (χ1n) is 19.2. The van der Waals surface area contributed by atoms with Gasteiger partial charge >= 0.3 is 0 Å². The lowest BCUT2D eigenvalue weighted by Gasteiger charge is -2.41. The Hall–Kier alpha value is -7.36. The molecule has 3 heteroatoms. The van der Waals surface area contributed by atoms with Gasteiger partial charge in [-0.3, -0.25) is 0 Å². The molecule has 2 aliphatic rings. The van der Waals surface area contributed by atoms with Crippen LogP contribution in [-0.2, 0) is 5.41 Å². The number of fused-ring (bicyclic) bond motifs is 14. The van der Waals surface area contributed by atoms with E-state index >= 15 is 0 Å². The number of hydrogen-bond acceptors (Lipinski definition) is 3. The number of anilines is 3. The van der Waals surface area contributed by atoms with E-state index in [9.17, 15) is 0 Å². The van der Waals surface area contributed by atoms with Gasteiger partial charge in [0.25, 0.3) is 0 Å². The molecule has 12 rings (SSSR count). The number of rotatable bonds is 4. The summed E-state index contributed by atoms with van der Waals surface area (Å²) in [5, 5.41) is 4.39. The molecular weight excluding hydrogens is 683 g/mol. The normalized spacial score (nSPS) is 13.3. The third-order valence-electron chi connectivity index (χ3n) is 11.9. The molecule has 1 spiro atoms. The summed E-state index contributed by atoms with van der Waals surface area (Å²) in [4.78, 5) is 2.37. The van der Waals surface area contributed by atoms with E-state index in [1.54, 1.807) is 0 Å². The van der Waals surface area contributed by atoms with Gasteiger partial charge in [0.1, 0.15) is 16.9 Å². The highest BCUT2D eigenvalue weighted by molar-refractivity contribution is 6.19. The average molecular weight is 716 g/mol. The molecule has 56 heavy (non-hydrogen) atoms. The van der Waals surface area contributed by atoms with Gasteiger partial charge in [0.05, 0.1) is 22.2 Å². The molecule has 0 radical (unpaired) electrons. The van der Waals surface area contributed by atoms with Crippen LogP contribution in [0.25, 0.3) is 55.0 Å². The summed E-state index contributed by atoms with van der Waals surface area (Å²) in [5.41, 5.74) is 13.8. The zero-order valence-electron chi connectivity index (χ0n) is 30.3. The molecule has 0 saturated heterocycles. The number of benzene rings is 9. The van der Waals surface area contributed by atoms with Crippen LogP contribution in [0.2, 0.25) is 0 Å². The molecule has 0 unspecified atom stereocenters. The standard InChI is InChI=1S/C53H33NO2/c1-2-14-34(15-3-1)35-28-31-37(32-29-35)54(46-24-13-27-49-50(46)41-33-30-36-16-4-5-17-38(36)51(41)56-49)47-25-12-23-45-52(47)55-48-26-11-10-22-44(48)53(45)42-20-8-6-18-39(42)40-19-7-9-21-43(40)53/h1-33H. The Balaban J connectivity index is 1.17. The monoisotopic (exact) mass is 715 g/mol. The van der Waals surface area contributed by atoms with Crippen LogP contribution >= 0.6 is 0 Å². The molecule has 0 atom stereocenters. The van der Waals surface area contributed by atoms with Crippen molar-refractivity contribution < 1.29 is 9.15 Å². The number of furan rings is 1. The maximum Gasteiger partial charge on any atom is 0.156 e. The van der Waals surface area contributed by atoms with Gasteiger partial charge in [0, 0.05) is 27.6 Å². The van der Waals surface area contributed by atoms with E-state index < -0.39 is 5.41 Å². The van der Waals surface area contributed by atoms with Crippen molar-refractivity contribution in [1.82, 2.24) is 0 Å². The summed E-state index contributed by atoms with van der Waals surface area (Å²) in [6.07, 6.45) is 0. The van der Waals surface area contributed by atoms with Gasteiger partial charge in [-0.2, -0.15) is 0 Å². The third kappa shape index (κ3) is 4.22. The summed E-state index contributed by atoms with van der Waals surface area (Å²) in [6.45, 7) is 0. The molecule has 262 valence electrons. The van der Waals surface area contributed by atoms with Gasteiger partial charge < -0.3 is 14.1 Å². The SMILES string of the molecule is c1ccc(-c2ccc(N(c3cccc4c3Oc3ccccc3C43c4ccccc4-c4ccccc43)c3cccc4oc5c6ccccc6ccc5c34)cc2)cc1. The molecule has 1 aliphatic heterocycles. The van der Waals surface area contributed by atoms with Crippen LogP contribution in [0.1, 0.15) is 22.3 Å². The number of ether oxygens (including phenoxy) is 1. The van der Waals surface area contributed by atoms with E-state index in [4.69, 9.17) is 9.15 Å². The fourth-order valence-electron chi connectivity index (χ4n) is 9.60. The van der Waals surface area contributed by atoms with Crippen molar-refractivity contribution in [3.05, 3.63) is 222 Å². The largest absolute Gasteiger partial charge is 0.455 e. The van der Waals surface area contributed by atoms with E-state index in [0.717, 1.165) is 78.0 Å². The molecule has 3 nitrogen and oxygen atoms in total. The van der Waals surface area contributed by atoms with Gasteiger partial charge in [-0.25, -0.2) is 0 Å². The van der Waals surface area contributed by atoms with Gasteiger partial charge in [-0.15, -0.1) is 0 Å². The molecule has 1 aliphatic carbocycles. The first-order valence-corrected chi connectivity index (χ1v) is 19.2. The Kier molecular flexibility index (Phi) is 6.55. The zero-order chi connectivity index (χ0) is 36.8.